The number of rotatable bonds is 1. The number of ketones is 1. The van der Waals surface area contributed by atoms with Crippen molar-refractivity contribution in [2.24, 2.45) is 0 Å². The number of hydrogen-bond acceptors (Lipinski definition) is 2. The molecule has 0 atom stereocenters. The van der Waals surface area contributed by atoms with Crippen LogP contribution in [0.3, 0.4) is 0 Å². The molecule has 3 rings (SSSR count). The van der Waals surface area contributed by atoms with Gasteiger partial charge in [0.15, 0.2) is 5.78 Å². The summed E-state index contributed by atoms with van der Waals surface area (Å²) < 4.78 is 0. The highest BCUT2D eigenvalue weighted by molar-refractivity contribution is 6.41. The predicted octanol–water partition coefficient (Wildman–Crippen LogP) is 3.32. The van der Waals surface area contributed by atoms with Gasteiger partial charge in [0.25, 0.3) is 0 Å². The van der Waals surface area contributed by atoms with E-state index >= 15 is 0 Å². The lowest BCUT2D eigenvalue weighted by Crippen LogP contribution is -1.97. The molecule has 0 saturated heterocycles. The van der Waals surface area contributed by atoms with Gasteiger partial charge >= 0.3 is 0 Å². The number of nitrogens with zero attached hydrogens (tertiary/aromatic N) is 1. The Hall–Kier alpha value is -2.66. The van der Waals surface area contributed by atoms with Crippen molar-refractivity contribution in [1.82, 2.24) is 0 Å². The highest BCUT2D eigenvalue weighted by Gasteiger charge is 2.29. The highest BCUT2D eigenvalue weighted by Crippen LogP contribution is 2.37. The van der Waals surface area contributed by atoms with E-state index in [1.807, 2.05) is 48.5 Å². The third-order valence-electron chi connectivity index (χ3n) is 3.09. The molecule has 2 nitrogen and oxygen atoms in total. The second-order valence-electron chi connectivity index (χ2n) is 4.10. The maximum atomic E-state index is 12.4. The van der Waals surface area contributed by atoms with E-state index in [0.29, 0.717) is 16.7 Å². The molecular formula is C16H9NO. The average Bonchev–Trinajstić information content (AvgIpc) is 2.73. The topological polar surface area (TPSA) is 40.9 Å². The van der Waals surface area contributed by atoms with Gasteiger partial charge in [-0.3, -0.25) is 4.79 Å². The molecule has 1 aliphatic rings. The van der Waals surface area contributed by atoms with Crippen molar-refractivity contribution in [3.63, 3.8) is 0 Å². The van der Waals surface area contributed by atoms with Gasteiger partial charge in [-0.2, -0.15) is 5.26 Å². The van der Waals surface area contributed by atoms with E-state index in [1.165, 1.54) is 0 Å². The third-order valence-corrected chi connectivity index (χ3v) is 3.09. The Morgan fingerprint density at radius 2 is 1.44 bits per heavy atom. The first-order valence-electron chi connectivity index (χ1n) is 5.67. The summed E-state index contributed by atoms with van der Waals surface area (Å²) in [5, 5.41) is 9.30. The molecule has 0 bridgehead atoms. The molecule has 18 heavy (non-hydrogen) atoms. The number of nitriles is 1. The van der Waals surface area contributed by atoms with Crippen molar-refractivity contribution in [3.8, 4) is 6.07 Å². The largest absolute Gasteiger partial charge is 0.289 e. The van der Waals surface area contributed by atoms with E-state index in [0.717, 1.165) is 11.1 Å². The van der Waals surface area contributed by atoms with E-state index in [1.54, 1.807) is 6.07 Å². The number of carbonyl (C=O) groups excluding carboxylic acids is 1. The molecule has 2 heteroatoms. The fourth-order valence-corrected chi connectivity index (χ4v) is 2.28. The number of fused-ring (bicyclic) bond motifs is 1. The minimum Gasteiger partial charge on any atom is -0.289 e. The van der Waals surface area contributed by atoms with E-state index in [-0.39, 0.29) is 5.78 Å². The smallest absolute Gasteiger partial charge is 0.195 e. The number of Topliss-reactive ketones (excluding diaryl/α,β-unsaturated/α-hetero) is 1. The molecule has 0 spiro atoms. The van der Waals surface area contributed by atoms with E-state index in [9.17, 15) is 10.1 Å². The van der Waals surface area contributed by atoms with Crippen molar-refractivity contribution >= 4 is 16.9 Å². The Bertz CT molecular complexity index is 705. The molecule has 0 N–H and O–H groups in total. The summed E-state index contributed by atoms with van der Waals surface area (Å²) >= 11 is 0. The van der Waals surface area contributed by atoms with Crippen LogP contribution < -0.4 is 0 Å². The third kappa shape index (κ3) is 1.38. The standard InChI is InChI=1S/C16H9NO/c17-10-14-12-8-4-5-9-13(12)16(18)15(14)11-6-2-1-3-7-11/h1-9H. The van der Waals surface area contributed by atoms with Crippen LogP contribution in [0.25, 0.3) is 11.1 Å². The van der Waals surface area contributed by atoms with Gasteiger partial charge in [-0.15, -0.1) is 0 Å². The number of carbonyl (C=O) groups is 1. The molecule has 2 aromatic carbocycles. The van der Waals surface area contributed by atoms with E-state index in [2.05, 4.69) is 6.07 Å². The molecule has 0 aliphatic heterocycles. The monoisotopic (exact) mass is 231 g/mol. The van der Waals surface area contributed by atoms with Crippen molar-refractivity contribution < 1.29 is 4.79 Å². The first-order chi connectivity index (χ1) is 8.83. The Morgan fingerprint density at radius 3 is 2.11 bits per heavy atom. The molecule has 0 aromatic heterocycles. The van der Waals surface area contributed by atoms with Crippen LogP contribution in [0, 0.1) is 11.3 Å². The second-order valence-corrected chi connectivity index (χ2v) is 4.10. The normalized spacial score (nSPS) is 13.4. The summed E-state index contributed by atoms with van der Waals surface area (Å²) in [6.45, 7) is 0. The molecule has 2 aromatic rings. The minimum atomic E-state index is -0.0617. The maximum Gasteiger partial charge on any atom is 0.195 e. The summed E-state index contributed by atoms with van der Waals surface area (Å²) in [4.78, 5) is 12.4. The molecular weight excluding hydrogens is 222 g/mol. The number of allylic oxidation sites excluding steroid dienone is 2. The van der Waals surface area contributed by atoms with Crippen LogP contribution in [0.15, 0.2) is 54.6 Å². The number of hydrogen-bond donors (Lipinski definition) is 0. The molecule has 0 radical (unpaired) electrons. The zero-order valence-electron chi connectivity index (χ0n) is 9.55. The fraction of sp³-hybridized carbons (Fsp3) is 0. The van der Waals surface area contributed by atoms with Gasteiger partial charge < -0.3 is 0 Å². The predicted molar refractivity (Wildman–Crippen MR) is 69.6 cm³/mol. The Balaban J connectivity index is 2.28. The second kappa shape index (κ2) is 3.97. The fourth-order valence-electron chi connectivity index (χ4n) is 2.28. The van der Waals surface area contributed by atoms with E-state index in [4.69, 9.17) is 0 Å². The molecule has 84 valence electrons. The zero-order chi connectivity index (χ0) is 12.5. The van der Waals surface area contributed by atoms with Crippen LogP contribution in [-0.2, 0) is 0 Å². The molecule has 0 fully saturated rings. The molecule has 1 aliphatic carbocycles. The summed E-state index contributed by atoms with van der Waals surface area (Å²) in [5.74, 6) is -0.0617. The van der Waals surface area contributed by atoms with Crippen molar-refractivity contribution in [1.29, 1.82) is 5.26 Å². The van der Waals surface area contributed by atoms with Crippen molar-refractivity contribution in [2.75, 3.05) is 0 Å². The molecule has 0 heterocycles. The lowest BCUT2D eigenvalue weighted by atomic mass is 10.0. The average molecular weight is 231 g/mol. The van der Waals surface area contributed by atoms with Gasteiger partial charge in [0.05, 0.1) is 5.57 Å². The molecule has 0 unspecified atom stereocenters. The Labute approximate surface area is 105 Å². The van der Waals surface area contributed by atoms with Crippen molar-refractivity contribution in [2.45, 2.75) is 0 Å². The quantitative estimate of drug-likeness (QED) is 0.755. The molecule has 0 saturated carbocycles. The molecule has 0 amide bonds. The summed E-state index contributed by atoms with van der Waals surface area (Å²) in [7, 11) is 0. The number of benzene rings is 2. The zero-order valence-corrected chi connectivity index (χ0v) is 9.55. The maximum absolute atomic E-state index is 12.4. The highest BCUT2D eigenvalue weighted by atomic mass is 16.1. The minimum absolute atomic E-state index is 0.0617. The van der Waals surface area contributed by atoms with Gasteiger partial charge in [-0.05, 0) is 5.56 Å². The van der Waals surface area contributed by atoms with Gasteiger partial charge in [-0.25, -0.2) is 0 Å². The van der Waals surface area contributed by atoms with Crippen molar-refractivity contribution in [3.05, 3.63) is 71.3 Å². The van der Waals surface area contributed by atoms with Crippen LogP contribution in [0.5, 0.6) is 0 Å². The summed E-state index contributed by atoms with van der Waals surface area (Å²) in [5.41, 5.74) is 3.15. The van der Waals surface area contributed by atoms with Gasteiger partial charge in [-0.1, -0.05) is 54.6 Å². The van der Waals surface area contributed by atoms with Crippen LogP contribution in [0.1, 0.15) is 21.5 Å². The van der Waals surface area contributed by atoms with Gasteiger partial charge in [0, 0.05) is 16.7 Å². The van der Waals surface area contributed by atoms with Gasteiger partial charge in [0.2, 0.25) is 0 Å². The first-order valence-corrected chi connectivity index (χ1v) is 5.67. The lowest BCUT2D eigenvalue weighted by molar-refractivity contribution is 0.105. The first kappa shape index (κ1) is 10.5. The van der Waals surface area contributed by atoms with Crippen LogP contribution >= 0.6 is 0 Å². The summed E-state index contributed by atoms with van der Waals surface area (Å²) in [6, 6.07) is 18.8. The lowest BCUT2D eigenvalue weighted by Gasteiger charge is -2.00. The van der Waals surface area contributed by atoms with Crippen LogP contribution in [-0.4, -0.2) is 5.78 Å². The Morgan fingerprint density at radius 1 is 0.833 bits per heavy atom. The van der Waals surface area contributed by atoms with Gasteiger partial charge in [0.1, 0.15) is 6.07 Å². The SMILES string of the molecule is N#CC1=C(c2ccccc2)C(=O)c2ccccc21. The van der Waals surface area contributed by atoms with Crippen LogP contribution in [0.4, 0.5) is 0 Å². The Kier molecular flexibility index (Phi) is 2.32. The van der Waals surface area contributed by atoms with E-state index < -0.39 is 0 Å². The summed E-state index contributed by atoms with van der Waals surface area (Å²) in [6.07, 6.45) is 0. The van der Waals surface area contributed by atoms with Crippen LogP contribution in [0.2, 0.25) is 0 Å².